The zero-order chi connectivity index (χ0) is 17.3. The van der Waals surface area contributed by atoms with Gasteiger partial charge in [0.25, 0.3) is 0 Å². The van der Waals surface area contributed by atoms with Crippen LogP contribution in [0.4, 0.5) is 0 Å². The van der Waals surface area contributed by atoms with Gasteiger partial charge in [-0.25, -0.2) is 0 Å². The summed E-state index contributed by atoms with van der Waals surface area (Å²) in [7, 11) is 1.60. The van der Waals surface area contributed by atoms with Crippen LogP contribution in [0.3, 0.4) is 0 Å². The van der Waals surface area contributed by atoms with Crippen molar-refractivity contribution in [3.05, 3.63) is 29.3 Å². The van der Waals surface area contributed by atoms with E-state index in [1.165, 1.54) is 22.2 Å². The summed E-state index contributed by atoms with van der Waals surface area (Å²) in [6, 6.07) is 6.47. The third-order valence-corrected chi connectivity index (χ3v) is 7.24. The van der Waals surface area contributed by atoms with Crippen LogP contribution in [-0.2, 0) is 6.42 Å². The number of rotatable bonds is 5. The fourth-order valence-electron chi connectivity index (χ4n) is 4.73. The summed E-state index contributed by atoms with van der Waals surface area (Å²) in [5.74, 6) is 1.86. The molecule has 0 aromatic heterocycles. The molecule has 5 heteroatoms. The maximum atomic E-state index is 10.4. The predicted molar refractivity (Wildman–Crippen MR) is 102 cm³/mol. The number of aliphatic hydroxyl groups excluding tert-OH is 2. The molecule has 2 saturated carbocycles. The van der Waals surface area contributed by atoms with E-state index in [0.29, 0.717) is 11.8 Å². The molecule has 2 aliphatic rings. The van der Waals surface area contributed by atoms with Crippen LogP contribution in [0.15, 0.2) is 18.2 Å². The molecule has 2 aliphatic carbocycles. The van der Waals surface area contributed by atoms with Crippen molar-refractivity contribution in [3.8, 4) is 5.75 Å². The number of hydrogen-bond donors (Lipinski definition) is 2. The Morgan fingerprint density at radius 1 is 1.29 bits per heavy atom. The molecule has 5 unspecified atom stereocenters. The quantitative estimate of drug-likeness (QED) is 0.589. The van der Waals surface area contributed by atoms with E-state index >= 15 is 0 Å². The molecular formula is C19H28O3S2. The number of hydrogen-bond acceptors (Lipinski definition) is 5. The average Bonchev–Trinajstić information content (AvgIpc) is 2.82. The van der Waals surface area contributed by atoms with Gasteiger partial charge in [-0.05, 0) is 78.9 Å². The van der Waals surface area contributed by atoms with Crippen LogP contribution in [-0.4, -0.2) is 28.7 Å². The highest BCUT2D eigenvalue weighted by Gasteiger charge is 2.53. The summed E-state index contributed by atoms with van der Waals surface area (Å²) < 4.78 is 5.67. The van der Waals surface area contributed by atoms with Crippen molar-refractivity contribution in [2.24, 2.45) is 11.3 Å². The number of benzene rings is 1. The third-order valence-electron chi connectivity index (χ3n) is 6.23. The van der Waals surface area contributed by atoms with E-state index in [4.69, 9.17) is 4.18 Å². The van der Waals surface area contributed by atoms with Crippen molar-refractivity contribution < 1.29 is 14.4 Å². The van der Waals surface area contributed by atoms with Crippen molar-refractivity contribution in [1.29, 1.82) is 0 Å². The van der Waals surface area contributed by atoms with Gasteiger partial charge in [-0.3, -0.25) is 0 Å². The summed E-state index contributed by atoms with van der Waals surface area (Å²) in [6.07, 6.45) is 5.77. The smallest absolute Gasteiger partial charge is 0.138 e. The van der Waals surface area contributed by atoms with Gasteiger partial charge in [0, 0.05) is 0 Å². The molecule has 0 bridgehead atoms. The first-order chi connectivity index (χ1) is 11.5. The second-order valence-electron chi connectivity index (χ2n) is 7.45. The van der Waals surface area contributed by atoms with Crippen LogP contribution in [0.25, 0.3) is 0 Å². The zero-order valence-corrected chi connectivity index (χ0v) is 16.3. The monoisotopic (exact) mass is 368 g/mol. The van der Waals surface area contributed by atoms with Gasteiger partial charge in [0.05, 0.1) is 12.2 Å². The minimum absolute atomic E-state index is 0.111. The number of fused-ring (bicyclic) bond motifs is 1. The Kier molecular flexibility index (Phi) is 5.75. The van der Waals surface area contributed by atoms with E-state index in [1.54, 1.807) is 10.8 Å². The van der Waals surface area contributed by atoms with Gasteiger partial charge in [0.2, 0.25) is 0 Å². The molecule has 1 aromatic rings. The van der Waals surface area contributed by atoms with Crippen molar-refractivity contribution in [2.45, 2.75) is 64.1 Å². The van der Waals surface area contributed by atoms with Gasteiger partial charge in [-0.2, -0.15) is 0 Å². The van der Waals surface area contributed by atoms with E-state index in [1.807, 2.05) is 6.26 Å². The van der Waals surface area contributed by atoms with Crippen molar-refractivity contribution in [3.63, 3.8) is 0 Å². The van der Waals surface area contributed by atoms with Gasteiger partial charge < -0.3 is 14.4 Å². The van der Waals surface area contributed by atoms with Gasteiger partial charge in [-0.15, -0.1) is 0 Å². The van der Waals surface area contributed by atoms with E-state index in [2.05, 4.69) is 32.0 Å². The van der Waals surface area contributed by atoms with Crippen LogP contribution >= 0.6 is 21.9 Å². The number of aryl methyl sites for hydroxylation is 1. The van der Waals surface area contributed by atoms with Crippen LogP contribution < -0.4 is 4.18 Å². The molecule has 0 radical (unpaired) electrons. The summed E-state index contributed by atoms with van der Waals surface area (Å²) in [5.41, 5.74) is 2.68. The fourth-order valence-corrected chi connectivity index (χ4v) is 5.42. The second kappa shape index (κ2) is 7.48. The summed E-state index contributed by atoms with van der Waals surface area (Å²) in [6.45, 7) is 4.35. The van der Waals surface area contributed by atoms with Crippen molar-refractivity contribution >= 4 is 21.9 Å². The average molecular weight is 369 g/mol. The Bertz CT molecular complexity index is 580. The molecular weight excluding hydrogens is 340 g/mol. The van der Waals surface area contributed by atoms with Crippen molar-refractivity contribution in [1.82, 2.24) is 0 Å². The maximum absolute atomic E-state index is 10.4. The predicted octanol–water partition coefficient (Wildman–Crippen LogP) is 4.57. The lowest BCUT2D eigenvalue weighted by molar-refractivity contribution is -0.0360. The summed E-state index contributed by atoms with van der Waals surface area (Å²) in [4.78, 5) is 0. The van der Waals surface area contributed by atoms with Gasteiger partial charge in [-0.1, -0.05) is 30.7 Å². The third kappa shape index (κ3) is 3.33. The zero-order valence-electron chi connectivity index (χ0n) is 14.7. The van der Waals surface area contributed by atoms with Crippen LogP contribution in [0.1, 0.15) is 56.6 Å². The molecule has 3 nitrogen and oxygen atoms in total. The van der Waals surface area contributed by atoms with Gasteiger partial charge in [0.15, 0.2) is 0 Å². The Morgan fingerprint density at radius 2 is 2.08 bits per heavy atom. The molecule has 0 amide bonds. The van der Waals surface area contributed by atoms with Crippen LogP contribution in [0.2, 0.25) is 0 Å². The van der Waals surface area contributed by atoms with Crippen molar-refractivity contribution in [2.75, 3.05) is 6.26 Å². The standard InChI is InChI=1S/C19H28O3S2/c1-4-12-10-15(22-24-23-3)5-6-16(12)13-7-8-19(2)14(9-13)11-17(20)18(19)21/h5-6,10,13-14,17-18,20-21H,4,7-9,11H2,1-3H3. The fraction of sp³-hybridized carbons (Fsp3) is 0.684. The highest BCUT2D eigenvalue weighted by Crippen LogP contribution is 2.55. The SMILES string of the molecule is CCc1cc(OSSC)ccc1C1CCC2(C)C(C1)CC(O)C2O. The highest BCUT2D eigenvalue weighted by molar-refractivity contribution is 8.74. The normalized spacial score (nSPS) is 35.7. The molecule has 0 saturated heterocycles. The molecule has 0 aliphatic heterocycles. The van der Waals surface area contributed by atoms with Gasteiger partial charge in [0.1, 0.15) is 16.8 Å². The molecule has 5 atom stereocenters. The molecule has 0 heterocycles. The minimum atomic E-state index is -0.562. The summed E-state index contributed by atoms with van der Waals surface area (Å²) >= 11 is 1.40. The summed E-state index contributed by atoms with van der Waals surface area (Å²) in [5, 5.41) is 20.5. The lowest BCUT2D eigenvalue weighted by Crippen LogP contribution is -2.39. The first-order valence-corrected chi connectivity index (χ1v) is 11.3. The highest BCUT2D eigenvalue weighted by atomic mass is 33.1. The van der Waals surface area contributed by atoms with Crippen LogP contribution in [0.5, 0.6) is 5.75 Å². The van der Waals surface area contributed by atoms with E-state index < -0.39 is 12.2 Å². The minimum Gasteiger partial charge on any atom is -0.414 e. The molecule has 2 fully saturated rings. The molecule has 24 heavy (non-hydrogen) atoms. The Hall–Kier alpha value is -0.360. The van der Waals surface area contributed by atoms with Gasteiger partial charge >= 0.3 is 0 Å². The van der Waals surface area contributed by atoms with E-state index in [0.717, 1.165) is 37.9 Å². The lowest BCUT2D eigenvalue weighted by Gasteiger charge is -2.42. The largest absolute Gasteiger partial charge is 0.414 e. The first kappa shape index (κ1) is 18.4. The molecule has 2 N–H and O–H groups in total. The maximum Gasteiger partial charge on any atom is 0.138 e. The molecule has 0 spiro atoms. The second-order valence-corrected chi connectivity index (χ2v) is 9.50. The molecule has 1 aromatic carbocycles. The Labute approximate surface area is 153 Å². The number of aliphatic hydroxyl groups is 2. The first-order valence-electron chi connectivity index (χ1n) is 8.85. The molecule has 134 valence electrons. The van der Waals surface area contributed by atoms with E-state index in [9.17, 15) is 10.2 Å². The Morgan fingerprint density at radius 3 is 2.79 bits per heavy atom. The lowest BCUT2D eigenvalue weighted by atomic mass is 9.63. The molecule has 3 rings (SSSR count). The Balaban J connectivity index is 1.78. The van der Waals surface area contributed by atoms with Crippen LogP contribution in [0, 0.1) is 11.3 Å². The van der Waals surface area contributed by atoms with E-state index in [-0.39, 0.29) is 5.41 Å². The topological polar surface area (TPSA) is 49.7 Å².